The van der Waals surface area contributed by atoms with Gasteiger partial charge in [0.05, 0.1) is 13.0 Å². The van der Waals surface area contributed by atoms with Crippen molar-refractivity contribution in [1.29, 1.82) is 0 Å². The van der Waals surface area contributed by atoms with Crippen molar-refractivity contribution in [1.82, 2.24) is 0 Å². The van der Waals surface area contributed by atoms with Gasteiger partial charge in [-0.15, -0.1) is 0 Å². The number of hydrogen-bond acceptors (Lipinski definition) is 3. The normalized spacial score (nSPS) is 11.5. The average molecular weight is 222 g/mol. The summed E-state index contributed by atoms with van der Waals surface area (Å²) in [6.45, 7) is 1.54. The van der Waals surface area contributed by atoms with E-state index in [-0.39, 0.29) is 18.8 Å². The molecule has 86 valence electrons. The van der Waals surface area contributed by atoms with Crippen LogP contribution >= 0.6 is 0 Å². The van der Waals surface area contributed by atoms with E-state index in [1.54, 1.807) is 25.1 Å². The van der Waals surface area contributed by atoms with Crippen LogP contribution in [0.5, 0.6) is 5.75 Å². The standard InChI is InChI=1S/C12H14O4/c1-8(2-5-12(15)16)9-3-4-11(14)10(6-9)7-13/h2-4,6,13-14H,5,7H2,1H3,(H,15,16)/b8-2+. The van der Waals surface area contributed by atoms with Gasteiger partial charge < -0.3 is 15.3 Å². The molecular weight excluding hydrogens is 208 g/mol. The zero-order valence-electron chi connectivity index (χ0n) is 8.97. The van der Waals surface area contributed by atoms with E-state index in [0.717, 1.165) is 11.1 Å². The van der Waals surface area contributed by atoms with E-state index < -0.39 is 5.97 Å². The third-order valence-corrected chi connectivity index (χ3v) is 2.29. The summed E-state index contributed by atoms with van der Waals surface area (Å²) < 4.78 is 0. The number of allylic oxidation sites excluding steroid dienone is 1. The first kappa shape index (κ1) is 12.3. The molecule has 0 bridgehead atoms. The molecule has 0 fully saturated rings. The minimum absolute atomic E-state index is 0.0392. The van der Waals surface area contributed by atoms with E-state index in [1.165, 1.54) is 6.07 Å². The molecule has 0 radical (unpaired) electrons. The first-order chi connectivity index (χ1) is 7.54. The Morgan fingerprint density at radius 3 is 2.69 bits per heavy atom. The lowest BCUT2D eigenvalue weighted by Crippen LogP contribution is -1.92. The third kappa shape index (κ3) is 3.10. The molecule has 3 N–H and O–H groups in total. The van der Waals surface area contributed by atoms with Gasteiger partial charge in [-0.3, -0.25) is 4.79 Å². The van der Waals surface area contributed by atoms with Gasteiger partial charge in [0.1, 0.15) is 5.75 Å². The van der Waals surface area contributed by atoms with E-state index in [4.69, 9.17) is 10.2 Å². The number of aliphatic hydroxyl groups is 1. The second kappa shape index (κ2) is 5.32. The number of carbonyl (C=O) groups is 1. The molecule has 1 aromatic carbocycles. The number of phenols is 1. The van der Waals surface area contributed by atoms with Crippen LogP contribution in [0.25, 0.3) is 5.57 Å². The fourth-order valence-corrected chi connectivity index (χ4v) is 1.32. The van der Waals surface area contributed by atoms with Crippen molar-refractivity contribution >= 4 is 11.5 Å². The Labute approximate surface area is 93.5 Å². The minimum atomic E-state index is -0.888. The monoisotopic (exact) mass is 222 g/mol. The fraction of sp³-hybridized carbons (Fsp3) is 0.250. The van der Waals surface area contributed by atoms with E-state index in [1.807, 2.05) is 0 Å². The summed E-state index contributed by atoms with van der Waals surface area (Å²) in [6.07, 6.45) is 1.55. The van der Waals surface area contributed by atoms with Crippen molar-refractivity contribution in [2.75, 3.05) is 0 Å². The van der Waals surface area contributed by atoms with Gasteiger partial charge in [0.25, 0.3) is 0 Å². The molecule has 0 aliphatic carbocycles. The summed E-state index contributed by atoms with van der Waals surface area (Å²) in [5.41, 5.74) is 2.03. The summed E-state index contributed by atoms with van der Waals surface area (Å²) in [7, 11) is 0. The number of aliphatic hydroxyl groups excluding tert-OH is 1. The number of benzene rings is 1. The van der Waals surface area contributed by atoms with Crippen molar-refractivity contribution in [3.8, 4) is 5.75 Å². The highest BCUT2D eigenvalue weighted by atomic mass is 16.4. The smallest absolute Gasteiger partial charge is 0.307 e. The second-order valence-electron chi connectivity index (χ2n) is 3.49. The number of rotatable bonds is 4. The maximum atomic E-state index is 10.4. The highest BCUT2D eigenvalue weighted by molar-refractivity contribution is 5.73. The summed E-state index contributed by atoms with van der Waals surface area (Å²) in [5.74, 6) is -0.849. The first-order valence-electron chi connectivity index (χ1n) is 4.86. The summed E-state index contributed by atoms with van der Waals surface area (Å²) in [4.78, 5) is 10.4. The third-order valence-electron chi connectivity index (χ3n) is 2.29. The van der Waals surface area contributed by atoms with Crippen LogP contribution in [-0.2, 0) is 11.4 Å². The first-order valence-corrected chi connectivity index (χ1v) is 4.86. The Kier molecular flexibility index (Phi) is 4.08. The molecule has 1 aromatic rings. The zero-order chi connectivity index (χ0) is 12.1. The maximum absolute atomic E-state index is 10.4. The predicted molar refractivity (Wildman–Crippen MR) is 59.9 cm³/mol. The van der Waals surface area contributed by atoms with Gasteiger partial charge in [-0.25, -0.2) is 0 Å². The predicted octanol–water partition coefficient (Wildman–Crippen LogP) is 1.76. The van der Waals surface area contributed by atoms with Crippen molar-refractivity contribution < 1.29 is 20.1 Å². The Morgan fingerprint density at radius 1 is 1.44 bits per heavy atom. The van der Waals surface area contributed by atoms with Crippen LogP contribution in [0.15, 0.2) is 24.3 Å². The molecule has 0 saturated heterocycles. The molecule has 4 heteroatoms. The molecule has 0 aliphatic rings. The number of carboxylic acid groups (broad SMARTS) is 1. The Morgan fingerprint density at radius 2 is 2.12 bits per heavy atom. The van der Waals surface area contributed by atoms with Gasteiger partial charge in [-0.1, -0.05) is 12.1 Å². The molecular formula is C12H14O4. The van der Waals surface area contributed by atoms with E-state index >= 15 is 0 Å². The van der Waals surface area contributed by atoms with Gasteiger partial charge in [-0.05, 0) is 30.2 Å². The molecule has 0 saturated carbocycles. The van der Waals surface area contributed by atoms with Crippen molar-refractivity contribution in [3.05, 3.63) is 35.4 Å². The molecule has 0 amide bonds. The molecule has 0 spiro atoms. The lowest BCUT2D eigenvalue weighted by molar-refractivity contribution is -0.135. The van der Waals surface area contributed by atoms with Gasteiger partial charge >= 0.3 is 5.97 Å². The van der Waals surface area contributed by atoms with Crippen molar-refractivity contribution in [2.45, 2.75) is 20.0 Å². The SMILES string of the molecule is C/C(=C\CC(=O)O)c1ccc(O)c(CO)c1. The van der Waals surface area contributed by atoms with Crippen LogP contribution < -0.4 is 0 Å². The highest BCUT2D eigenvalue weighted by Crippen LogP contribution is 2.23. The van der Waals surface area contributed by atoms with Crippen LogP contribution in [-0.4, -0.2) is 21.3 Å². The topological polar surface area (TPSA) is 77.8 Å². The van der Waals surface area contributed by atoms with E-state index in [2.05, 4.69) is 0 Å². The van der Waals surface area contributed by atoms with Crippen molar-refractivity contribution in [3.63, 3.8) is 0 Å². The molecule has 0 heterocycles. The number of hydrogen-bond donors (Lipinski definition) is 3. The van der Waals surface area contributed by atoms with Crippen LogP contribution in [0, 0.1) is 0 Å². The maximum Gasteiger partial charge on any atom is 0.307 e. The summed E-state index contributed by atoms with van der Waals surface area (Å²) >= 11 is 0. The quantitative estimate of drug-likeness (QED) is 0.725. The van der Waals surface area contributed by atoms with Crippen LogP contribution in [0.2, 0.25) is 0 Å². The van der Waals surface area contributed by atoms with Gasteiger partial charge in [-0.2, -0.15) is 0 Å². The second-order valence-corrected chi connectivity index (χ2v) is 3.49. The van der Waals surface area contributed by atoms with Gasteiger partial charge in [0.2, 0.25) is 0 Å². The lowest BCUT2D eigenvalue weighted by atomic mass is 10.0. The zero-order valence-corrected chi connectivity index (χ0v) is 8.97. The van der Waals surface area contributed by atoms with Crippen LogP contribution in [0.3, 0.4) is 0 Å². The minimum Gasteiger partial charge on any atom is -0.508 e. The largest absolute Gasteiger partial charge is 0.508 e. The summed E-state index contributed by atoms with van der Waals surface area (Å²) in [5, 5.41) is 26.9. The van der Waals surface area contributed by atoms with Gasteiger partial charge in [0, 0.05) is 5.56 Å². The molecule has 0 aliphatic heterocycles. The number of carboxylic acids is 1. The Balaban J connectivity index is 2.95. The molecule has 1 rings (SSSR count). The van der Waals surface area contributed by atoms with Crippen LogP contribution in [0.4, 0.5) is 0 Å². The highest BCUT2D eigenvalue weighted by Gasteiger charge is 2.03. The lowest BCUT2D eigenvalue weighted by Gasteiger charge is -2.05. The fourth-order valence-electron chi connectivity index (χ4n) is 1.32. The van der Waals surface area contributed by atoms with Crippen molar-refractivity contribution in [2.24, 2.45) is 0 Å². The van der Waals surface area contributed by atoms with Gasteiger partial charge in [0.15, 0.2) is 0 Å². The molecule has 0 aromatic heterocycles. The average Bonchev–Trinajstić information content (AvgIpc) is 2.26. The van der Waals surface area contributed by atoms with Crippen LogP contribution in [0.1, 0.15) is 24.5 Å². The Hall–Kier alpha value is -1.81. The van der Waals surface area contributed by atoms with E-state index in [0.29, 0.717) is 5.56 Å². The number of aliphatic carboxylic acids is 1. The molecule has 0 unspecified atom stereocenters. The molecule has 0 atom stereocenters. The molecule has 16 heavy (non-hydrogen) atoms. The molecule has 4 nitrogen and oxygen atoms in total. The summed E-state index contributed by atoms with van der Waals surface area (Å²) in [6, 6.07) is 4.81. The number of aromatic hydroxyl groups is 1. The van der Waals surface area contributed by atoms with E-state index in [9.17, 15) is 9.90 Å². The Bertz CT molecular complexity index is 421.